The van der Waals surface area contributed by atoms with Gasteiger partial charge in [0.1, 0.15) is 5.82 Å². The van der Waals surface area contributed by atoms with Crippen molar-refractivity contribution in [2.45, 2.75) is 26.8 Å². The molecule has 0 atom stereocenters. The van der Waals surface area contributed by atoms with Crippen LogP contribution in [-0.4, -0.2) is 41.9 Å². The number of nitrogens with one attached hydrogen (secondary N) is 2. The topological polar surface area (TPSA) is 68.2 Å². The standard InChI is InChI=1S/C22H28N4O2/c1-3-28-16-6-13-23-22(27)24-14-15-26-20-8-5-4-7-19(20)25-21(26)18-11-9-17(2)10-12-18/h4-5,7-12H,3,6,13-16H2,1-2H3,(H2,23,24,27). The van der Waals surface area contributed by atoms with Crippen LogP contribution in [0.3, 0.4) is 0 Å². The Labute approximate surface area is 165 Å². The lowest BCUT2D eigenvalue weighted by molar-refractivity contribution is 0.145. The first-order valence-corrected chi connectivity index (χ1v) is 9.81. The van der Waals surface area contributed by atoms with E-state index in [1.165, 1.54) is 5.56 Å². The van der Waals surface area contributed by atoms with Crippen LogP contribution in [0.4, 0.5) is 4.79 Å². The number of carbonyl (C=O) groups excluding carboxylic acids is 1. The van der Waals surface area contributed by atoms with Gasteiger partial charge in [-0.3, -0.25) is 0 Å². The summed E-state index contributed by atoms with van der Waals surface area (Å²) in [6.45, 7) is 7.18. The Bertz CT molecular complexity index is 903. The van der Waals surface area contributed by atoms with E-state index < -0.39 is 0 Å². The molecule has 3 rings (SSSR count). The van der Waals surface area contributed by atoms with Crippen LogP contribution in [-0.2, 0) is 11.3 Å². The normalized spacial score (nSPS) is 10.9. The number of para-hydroxylation sites is 2. The zero-order chi connectivity index (χ0) is 19.8. The lowest BCUT2D eigenvalue weighted by Crippen LogP contribution is -2.38. The van der Waals surface area contributed by atoms with Gasteiger partial charge in [0.25, 0.3) is 0 Å². The lowest BCUT2D eigenvalue weighted by atomic mass is 10.1. The van der Waals surface area contributed by atoms with Crippen LogP contribution in [0, 0.1) is 6.92 Å². The Kier molecular flexibility index (Phi) is 7.03. The molecule has 2 N–H and O–H groups in total. The van der Waals surface area contributed by atoms with E-state index in [2.05, 4.69) is 52.5 Å². The second kappa shape index (κ2) is 9.90. The molecule has 0 saturated carbocycles. The number of rotatable bonds is 9. The van der Waals surface area contributed by atoms with Gasteiger partial charge < -0.3 is 19.9 Å². The van der Waals surface area contributed by atoms with E-state index >= 15 is 0 Å². The molecule has 1 heterocycles. The molecule has 1 aromatic heterocycles. The van der Waals surface area contributed by atoms with Gasteiger partial charge in [0.15, 0.2) is 0 Å². The van der Waals surface area contributed by atoms with E-state index in [1.807, 2.05) is 25.1 Å². The monoisotopic (exact) mass is 380 g/mol. The smallest absolute Gasteiger partial charge is 0.314 e. The van der Waals surface area contributed by atoms with Gasteiger partial charge in [0, 0.05) is 38.4 Å². The molecule has 28 heavy (non-hydrogen) atoms. The van der Waals surface area contributed by atoms with Crippen LogP contribution in [0.25, 0.3) is 22.4 Å². The fraction of sp³-hybridized carbons (Fsp3) is 0.364. The van der Waals surface area contributed by atoms with Gasteiger partial charge in [0.2, 0.25) is 0 Å². The number of amides is 2. The number of aryl methyl sites for hydroxylation is 1. The molecule has 0 aliphatic carbocycles. The number of ether oxygens (including phenoxy) is 1. The van der Waals surface area contributed by atoms with Crippen LogP contribution < -0.4 is 10.6 Å². The highest BCUT2D eigenvalue weighted by Gasteiger charge is 2.12. The lowest BCUT2D eigenvalue weighted by Gasteiger charge is -2.11. The number of fused-ring (bicyclic) bond motifs is 1. The van der Waals surface area contributed by atoms with Gasteiger partial charge in [-0.15, -0.1) is 0 Å². The maximum atomic E-state index is 12.0. The highest BCUT2D eigenvalue weighted by Crippen LogP contribution is 2.24. The summed E-state index contributed by atoms with van der Waals surface area (Å²) in [6.07, 6.45) is 0.811. The fourth-order valence-corrected chi connectivity index (χ4v) is 3.09. The largest absolute Gasteiger partial charge is 0.382 e. The third-order valence-electron chi connectivity index (χ3n) is 4.54. The van der Waals surface area contributed by atoms with Crippen molar-refractivity contribution in [3.63, 3.8) is 0 Å². The van der Waals surface area contributed by atoms with Crippen LogP contribution in [0.5, 0.6) is 0 Å². The molecule has 6 heteroatoms. The van der Waals surface area contributed by atoms with E-state index in [0.29, 0.717) is 32.8 Å². The number of nitrogens with zero attached hydrogens (tertiary/aromatic N) is 2. The fourth-order valence-electron chi connectivity index (χ4n) is 3.09. The Hall–Kier alpha value is -2.86. The maximum absolute atomic E-state index is 12.0. The van der Waals surface area contributed by atoms with E-state index in [-0.39, 0.29) is 6.03 Å². The van der Waals surface area contributed by atoms with Gasteiger partial charge in [0.05, 0.1) is 11.0 Å². The highest BCUT2D eigenvalue weighted by atomic mass is 16.5. The molecule has 0 bridgehead atoms. The van der Waals surface area contributed by atoms with Crippen molar-refractivity contribution in [2.24, 2.45) is 0 Å². The van der Waals surface area contributed by atoms with E-state index in [1.54, 1.807) is 0 Å². The second-order valence-corrected chi connectivity index (χ2v) is 6.67. The molecule has 2 amide bonds. The Morgan fingerprint density at radius 3 is 2.61 bits per heavy atom. The minimum absolute atomic E-state index is 0.155. The van der Waals surface area contributed by atoms with Crippen LogP contribution in [0.15, 0.2) is 48.5 Å². The van der Waals surface area contributed by atoms with E-state index in [0.717, 1.165) is 28.8 Å². The molecule has 0 aliphatic rings. The third-order valence-corrected chi connectivity index (χ3v) is 4.54. The summed E-state index contributed by atoms with van der Waals surface area (Å²) in [5.74, 6) is 0.917. The van der Waals surface area contributed by atoms with E-state index in [9.17, 15) is 4.79 Å². The molecule has 6 nitrogen and oxygen atoms in total. The number of benzene rings is 2. The van der Waals surface area contributed by atoms with Crippen molar-refractivity contribution in [2.75, 3.05) is 26.3 Å². The molecular formula is C22H28N4O2. The minimum atomic E-state index is -0.155. The first kappa shape index (κ1) is 19.9. The molecule has 3 aromatic rings. The molecule has 0 saturated heterocycles. The zero-order valence-electron chi connectivity index (χ0n) is 16.6. The average Bonchev–Trinajstić information content (AvgIpc) is 3.07. The third kappa shape index (κ3) is 5.10. The molecule has 148 valence electrons. The number of urea groups is 1. The van der Waals surface area contributed by atoms with E-state index in [4.69, 9.17) is 9.72 Å². The number of aromatic nitrogens is 2. The summed E-state index contributed by atoms with van der Waals surface area (Å²) in [6, 6.07) is 16.3. The minimum Gasteiger partial charge on any atom is -0.382 e. The van der Waals surface area contributed by atoms with Gasteiger partial charge in [-0.25, -0.2) is 9.78 Å². The molecule has 0 radical (unpaired) electrons. The molecule has 0 unspecified atom stereocenters. The van der Waals surface area contributed by atoms with Crippen LogP contribution in [0.1, 0.15) is 18.9 Å². The van der Waals surface area contributed by atoms with Crippen molar-refractivity contribution < 1.29 is 9.53 Å². The van der Waals surface area contributed by atoms with Crippen molar-refractivity contribution in [1.29, 1.82) is 0 Å². The first-order valence-electron chi connectivity index (χ1n) is 9.81. The van der Waals surface area contributed by atoms with Crippen molar-refractivity contribution >= 4 is 17.1 Å². The van der Waals surface area contributed by atoms with Gasteiger partial charge in [-0.05, 0) is 32.4 Å². The number of imidazole rings is 1. The molecular weight excluding hydrogens is 352 g/mol. The summed E-state index contributed by atoms with van der Waals surface area (Å²) >= 11 is 0. The summed E-state index contributed by atoms with van der Waals surface area (Å²) in [7, 11) is 0. The summed E-state index contributed by atoms with van der Waals surface area (Å²) in [5, 5.41) is 5.78. The molecule has 0 aliphatic heterocycles. The quantitative estimate of drug-likeness (QED) is 0.556. The molecule has 2 aromatic carbocycles. The zero-order valence-corrected chi connectivity index (χ0v) is 16.6. The number of hydrogen-bond donors (Lipinski definition) is 2. The predicted molar refractivity (Wildman–Crippen MR) is 112 cm³/mol. The average molecular weight is 380 g/mol. The van der Waals surface area contributed by atoms with Crippen molar-refractivity contribution in [1.82, 2.24) is 20.2 Å². The predicted octanol–water partition coefficient (Wildman–Crippen LogP) is 3.74. The summed E-state index contributed by atoms with van der Waals surface area (Å²) in [5.41, 5.74) is 4.31. The van der Waals surface area contributed by atoms with Crippen LogP contribution in [0.2, 0.25) is 0 Å². The van der Waals surface area contributed by atoms with Crippen LogP contribution >= 0.6 is 0 Å². The highest BCUT2D eigenvalue weighted by molar-refractivity contribution is 5.80. The summed E-state index contributed by atoms with van der Waals surface area (Å²) in [4.78, 5) is 16.8. The Balaban J connectivity index is 1.64. The van der Waals surface area contributed by atoms with Gasteiger partial charge in [-0.1, -0.05) is 42.0 Å². The maximum Gasteiger partial charge on any atom is 0.314 e. The number of carbonyl (C=O) groups is 1. The number of hydrogen-bond acceptors (Lipinski definition) is 3. The van der Waals surface area contributed by atoms with Gasteiger partial charge >= 0.3 is 6.03 Å². The molecule has 0 fully saturated rings. The SMILES string of the molecule is CCOCCCNC(=O)NCCn1c(-c2ccc(C)cc2)nc2ccccc21. The summed E-state index contributed by atoms with van der Waals surface area (Å²) < 4.78 is 7.43. The Morgan fingerprint density at radius 1 is 1.07 bits per heavy atom. The Morgan fingerprint density at radius 2 is 1.82 bits per heavy atom. The van der Waals surface area contributed by atoms with Gasteiger partial charge in [-0.2, -0.15) is 0 Å². The second-order valence-electron chi connectivity index (χ2n) is 6.67. The van der Waals surface area contributed by atoms with Crippen molar-refractivity contribution in [3.8, 4) is 11.4 Å². The van der Waals surface area contributed by atoms with Crippen molar-refractivity contribution in [3.05, 3.63) is 54.1 Å². The first-order chi connectivity index (χ1) is 13.7. The molecule has 0 spiro atoms.